The number of rotatable bonds is 5. The van der Waals surface area contributed by atoms with E-state index in [1.807, 2.05) is 13.8 Å². The van der Waals surface area contributed by atoms with Gasteiger partial charge in [-0.05, 0) is 36.0 Å². The summed E-state index contributed by atoms with van der Waals surface area (Å²) < 4.78 is 23.1. The van der Waals surface area contributed by atoms with Crippen LogP contribution in [0.4, 0.5) is 4.39 Å². The minimum Gasteiger partial charge on any atom is -0.466 e. The van der Waals surface area contributed by atoms with Crippen LogP contribution >= 0.6 is 0 Å². The smallest absolute Gasteiger partial charge is 0.333 e. The lowest BCUT2D eigenvalue weighted by molar-refractivity contribution is -0.147. The van der Waals surface area contributed by atoms with Crippen LogP contribution in [0.25, 0.3) is 0 Å². The fraction of sp³-hybridized carbons (Fsp3) is 0.444. The van der Waals surface area contributed by atoms with Gasteiger partial charge in [-0.2, -0.15) is 0 Å². The topological polar surface area (TPSA) is 52.6 Å². The van der Waals surface area contributed by atoms with E-state index >= 15 is 0 Å². The second-order valence-corrected chi connectivity index (χ2v) is 6.40. The van der Waals surface area contributed by atoms with E-state index in [0.717, 1.165) is 0 Å². The van der Waals surface area contributed by atoms with E-state index in [4.69, 9.17) is 4.74 Å². The fourth-order valence-electron chi connectivity index (χ4n) is 2.81. The molecule has 0 aliphatic heterocycles. The highest BCUT2D eigenvalue weighted by atomic mass is 19.1. The van der Waals surface area contributed by atoms with Gasteiger partial charge in [-0.25, -0.2) is 9.18 Å². The summed E-state index contributed by atoms with van der Waals surface area (Å²) in [4.78, 5) is 23.7. The second-order valence-electron chi connectivity index (χ2n) is 6.40. The molecule has 0 unspecified atom stereocenters. The summed E-state index contributed by atoms with van der Waals surface area (Å²) in [5, 5.41) is 0. The van der Waals surface area contributed by atoms with E-state index < -0.39 is 5.97 Å². The third-order valence-electron chi connectivity index (χ3n) is 4.37. The predicted octanol–water partition coefficient (Wildman–Crippen LogP) is 3.26. The zero-order valence-electron chi connectivity index (χ0n) is 13.8. The summed E-state index contributed by atoms with van der Waals surface area (Å²) in [7, 11) is 1.32. The highest BCUT2D eigenvalue weighted by Gasteiger charge is 2.61. The van der Waals surface area contributed by atoms with Crippen molar-refractivity contribution in [2.45, 2.75) is 27.4 Å². The van der Waals surface area contributed by atoms with Crippen molar-refractivity contribution in [3.8, 4) is 0 Å². The first-order valence-electron chi connectivity index (χ1n) is 7.45. The molecule has 2 rings (SSSR count). The first kappa shape index (κ1) is 17.2. The Balaban J connectivity index is 1.98. The maximum atomic E-state index is 13.1. The van der Waals surface area contributed by atoms with Crippen LogP contribution in [0.5, 0.6) is 0 Å². The Morgan fingerprint density at radius 1 is 1.35 bits per heavy atom. The van der Waals surface area contributed by atoms with E-state index in [0.29, 0.717) is 11.1 Å². The van der Waals surface area contributed by atoms with Gasteiger partial charge in [0, 0.05) is 5.57 Å². The molecule has 0 saturated heterocycles. The molecule has 0 aromatic heterocycles. The maximum Gasteiger partial charge on any atom is 0.333 e. The molecule has 23 heavy (non-hydrogen) atoms. The van der Waals surface area contributed by atoms with Crippen molar-refractivity contribution in [2.75, 3.05) is 7.11 Å². The molecular weight excluding hydrogens is 299 g/mol. The van der Waals surface area contributed by atoms with Crippen LogP contribution in [0.3, 0.4) is 0 Å². The molecule has 1 aromatic carbocycles. The molecule has 0 radical (unpaired) electrons. The van der Waals surface area contributed by atoms with Gasteiger partial charge in [0.1, 0.15) is 12.4 Å². The standard InChI is InChI=1S/C18H21FO4/c1-11(16(20)22-4)8-14-15(18(14,2)3)17(21)23-10-12-6-5-7-13(19)9-12/h5-9,14-15H,10H2,1-4H3/b11-8+/t14-,15+/m1/s1. The van der Waals surface area contributed by atoms with Crippen LogP contribution in [0, 0.1) is 23.1 Å². The van der Waals surface area contributed by atoms with Gasteiger partial charge in [0.25, 0.3) is 0 Å². The highest BCUT2D eigenvalue weighted by molar-refractivity contribution is 5.88. The number of hydrogen-bond donors (Lipinski definition) is 0. The summed E-state index contributed by atoms with van der Waals surface area (Å²) in [6.45, 7) is 5.60. The Labute approximate surface area is 135 Å². The van der Waals surface area contributed by atoms with E-state index in [9.17, 15) is 14.0 Å². The zero-order chi connectivity index (χ0) is 17.2. The molecule has 1 saturated carbocycles. The predicted molar refractivity (Wildman–Crippen MR) is 82.7 cm³/mol. The van der Waals surface area contributed by atoms with Gasteiger partial charge >= 0.3 is 11.9 Å². The van der Waals surface area contributed by atoms with Gasteiger partial charge in [0.05, 0.1) is 13.0 Å². The number of carbonyl (C=O) groups excluding carboxylic acids is 2. The highest BCUT2D eigenvalue weighted by Crippen LogP contribution is 2.59. The lowest BCUT2D eigenvalue weighted by Gasteiger charge is -2.06. The van der Waals surface area contributed by atoms with Crippen LogP contribution in [0.2, 0.25) is 0 Å². The fourth-order valence-corrected chi connectivity index (χ4v) is 2.81. The quantitative estimate of drug-likeness (QED) is 0.617. The average Bonchev–Trinajstić information content (AvgIpc) is 3.04. The number of esters is 2. The molecule has 4 nitrogen and oxygen atoms in total. The molecule has 0 bridgehead atoms. The van der Waals surface area contributed by atoms with E-state index in [1.54, 1.807) is 25.1 Å². The molecule has 2 atom stereocenters. The van der Waals surface area contributed by atoms with Crippen molar-refractivity contribution in [3.05, 3.63) is 47.3 Å². The molecule has 1 fully saturated rings. The molecule has 1 aliphatic rings. The molecule has 5 heteroatoms. The van der Waals surface area contributed by atoms with Crippen molar-refractivity contribution < 1.29 is 23.5 Å². The number of hydrogen-bond acceptors (Lipinski definition) is 4. The molecule has 0 N–H and O–H groups in total. The first-order valence-corrected chi connectivity index (χ1v) is 7.45. The Kier molecular flexibility index (Phi) is 4.88. The molecule has 0 spiro atoms. The van der Waals surface area contributed by atoms with Crippen LogP contribution in [0.1, 0.15) is 26.3 Å². The molecular formula is C18H21FO4. The van der Waals surface area contributed by atoms with Crippen molar-refractivity contribution in [2.24, 2.45) is 17.3 Å². The Morgan fingerprint density at radius 2 is 2.04 bits per heavy atom. The third kappa shape index (κ3) is 3.78. The van der Waals surface area contributed by atoms with Crippen molar-refractivity contribution in [3.63, 3.8) is 0 Å². The number of halogens is 1. The van der Waals surface area contributed by atoms with Crippen LogP contribution in [-0.4, -0.2) is 19.0 Å². The lowest BCUT2D eigenvalue weighted by Crippen LogP contribution is -2.10. The van der Waals surface area contributed by atoms with Crippen molar-refractivity contribution in [1.82, 2.24) is 0 Å². The summed E-state index contributed by atoms with van der Waals surface area (Å²) in [6.07, 6.45) is 1.76. The minimum atomic E-state index is -0.403. The zero-order valence-corrected chi connectivity index (χ0v) is 13.8. The van der Waals surface area contributed by atoms with Gasteiger partial charge < -0.3 is 9.47 Å². The Morgan fingerprint density at radius 3 is 2.65 bits per heavy atom. The third-order valence-corrected chi connectivity index (χ3v) is 4.37. The number of methoxy groups -OCH3 is 1. The van der Waals surface area contributed by atoms with Gasteiger partial charge in [0.15, 0.2) is 0 Å². The normalized spacial score (nSPS) is 22.4. The summed E-state index contributed by atoms with van der Waals surface area (Å²) >= 11 is 0. The van der Waals surface area contributed by atoms with Crippen molar-refractivity contribution in [1.29, 1.82) is 0 Å². The van der Waals surface area contributed by atoms with E-state index in [1.165, 1.54) is 19.2 Å². The second kappa shape index (κ2) is 6.52. The van der Waals surface area contributed by atoms with Gasteiger partial charge in [0.2, 0.25) is 0 Å². The molecule has 1 aliphatic carbocycles. The molecule has 0 heterocycles. The van der Waals surface area contributed by atoms with Crippen LogP contribution in [0.15, 0.2) is 35.9 Å². The van der Waals surface area contributed by atoms with E-state index in [2.05, 4.69) is 4.74 Å². The molecule has 124 valence electrons. The number of ether oxygens (including phenoxy) is 2. The summed E-state index contributed by atoms with van der Waals surface area (Å²) in [5.74, 6) is -1.48. The average molecular weight is 320 g/mol. The Bertz CT molecular complexity index is 648. The largest absolute Gasteiger partial charge is 0.466 e. The number of benzene rings is 1. The van der Waals surface area contributed by atoms with Crippen LogP contribution in [-0.2, 0) is 25.7 Å². The first-order chi connectivity index (χ1) is 10.8. The van der Waals surface area contributed by atoms with Crippen molar-refractivity contribution >= 4 is 11.9 Å². The molecule has 0 amide bonds. The minimum absolute atomic E-state index is 0.0373. The maximum absolute atomic E-state index is 13.1. The van der Waals surface area contributed by atoms with Gasteiger partial charge in [-0.1, -0.05) is 32.1 Å². The van der Waals surface area contributed by atoms with Gasteiger partial charge in [-0.3, -0.25) is 4.79 Å². The Hall–Kier alpha value is -2.17. The lowest BCUT2D eigenvalue weighted by atomic mass is 10.1. The summed E-state index contributed by atoms with van der Waals surface area (Å²) in [5.41, 5.74) is 0.814. The molecule has 1 aromatic rings. The SMILES string of the molecule is COC(=O)/C(C)=C/[C@@H]1[C@@H](C(=O)OCc2cccc(F)c2)C1(C)C. The summed E-state index contributed by atoms with van der Waals surface area (Å²) in [6, 6.07) is 5.95. The van der Waals surface area contributed by atoms with Gasteiger partial charge in [-0.15, -0.1) is 0 Å². The van der Waals surface area contributed by atoms with Crippen LogP contribution < -0.4 is 0 Å². The van der Waals surface area contributed by atoms with E-state index in [-0.39, 0.29) is 35.6 Å². The number of allylic oxidation sites excluding steroid dienone is 1. The monoisotopic (exact) mass is 320 g/mol. The number of carbonyl (C=O) groups is 2.